The van der Waals surface area contributed by atoms with Crippen LogP contribution < -0.4 is 0 Å². The molecule has 1 unspecified atom stereocenters. The van der Waals surface area contributed by atoms with Crippen LogP contribution in [0.5, 0.6) is 0 Å². The number of rotatable bonds is 12. The summed E-state index contributed by atoms with van der Waals surface area (Å²) in [6.07, 6.45) is 14.2. The smallest absolute Gasteiger partial charge is 0.0948 e. The van der Waals surface area contributed by atoms with Crippen LogP contribution in [0.2, 0.25) is 0 Å². The predicted molar refractivity (Wildman–Crippen MR) is 77.9 cm³/mol. The van der Waals surface area contributed by atoms with Gasteiger partial charge in [0.2, 0.25) is 0 Å². The fraction of sp³-hybridized carbons (Fsp3) is 0.750. The standard InChI is InChI=1S/C16H28O3/c1-3-5-12-18-14-10-16(15-19-16)9-7-6-8-13-17-11-4-2/h4-5,11-12H,3,6-10,13-15H2,1-2H3. The maximum atomic E-state index is 5.60. The molecule has 1 fully saturated rings. The Kier molecular flexibility index (Phi) is 8.39. The Morgan fingerprint density at radius 3 is 2.53 bits per heavy atom. The quantitative estimate of drug-likeness (QED) is 0.302. The molecule has 1 heterocycles. The second-order valence-electron chi connectivity index (χ2n) is 5.02. The summed E-state index contributed by atoms with van der Waals surface area (Å²) in [7, 11) is 0. The number of ether oxygens (including phenoxy) is 3. The molecule has 3 nitrogen and oxygen atoms in total. The Hall–Kier alpha value is -0.960. The third-order valence-electron chi connectivity index (χ3n) is 3.28. The van der Waals surface area contributed by atoms with E-state index in [1.807, 2.05) is 19.1 Å². The van der Waals surface area contributed by atoms with E-state index in [9.17, 15) is 0 Å². The maximum absolute atomic E-state index is 5.60. The third kappa shape index (κ3) is 7.93. The maximum Gasteiger partial charge on any atom is 0.0948 e. The van der Waals surface area contributed by atoms with Crippen molar-refractivity contribution in [3.63, 3.8) is 0 Å². The van der Waals surface area contributed by atoms with Crippen molar-refractivity contribution in [3.8, 4) is 0 Å². The van der Waals surface area contributed by atoms with Gasteiger partial charge in [-0.2, -0.15) is 0 Å². The molecule has 0 N–H and O–H groups in total. The van der Waals surface area contributed by atoms with Gasteiger partial charge in [-0.15, -0.1) is 0 Å². The Balaban J connectivity index is 1.94. The van der Waals surface area contributed by atoms with Gasteiger partial charge in [0.05, 0.1) is 37.9 Å². The summed E-state index contributed by atoms with van der Waals surface area (Å²) >= 11 is 0. The van der Waals surface area contributed by atoms with Crippen LogP contribution >= 0.6 is 0 Å². The zero-order valence-corrected chi connectivity index (χ0v) is 12.4. The first-order valence-electron chi connectivity index (χ1n) is 7.46. The van der Waals surface area contributed by atoms with Crippen LogP contribution in [-0.4, -0.2) is 25.4 Å². The van der Waals surface area contributed by atoms with Crippen LogP contribution in [0.1, 0.15) is 52.4 Å². The molecule has 0 aromatic heterocycles. The van der Waals surface area contributed by atoms with E-state index in [4.69, 9.17) is 14.2 Å². The van der Waals surface area contributed by atoms with Gasteiger partial charge >= 0.3 is 0 Å². The topological polar surface area (TPSA) is 31.0 Å². The monoisotopic (exact) mass is 268 g/mol. The molecule has 1 aliphatic heterocycles. The van der Waals surface area contributed by atoms with E-state index in [1.54, 1.807) is 12.5 Å². The van der Waals surface area contributed by atoms with Crippen LogP contribution in [-0.2, 0) is 14.2 Å². The summed E-state index contributed by atoms with van der Waals surface area (Å²) in [5.74, 6) is 0. The summed E-state index contributed by atoms with van der Waals surface area (Å²) in [4.78, 5) is 0. The predicted octanol–water partition coefficient (Wildman–Crippen LogP) is 4.20. The Bertz CT molecular complexity index is 267. The normalized spacial score (nSPS) is 22.2. The van der Waals surface area contributed by atoms with Gasteiger partial charge in [-0.1, -0.05) is 25.5 Å². The zero-order valence-electron chi connectivity index (χ0n) is 12.4. The average molecular weight is 268 g/mol. The molecule has 0 spiro atoms. The van der Waals surface area contributed by atoms with E-state index in [1.165, 1.54) is 12.8 Å². The molecule has 1 atom stereocenters. The highest BCUT2D eigenvalue weighted by atomic mass is 16.6. The molecule has 0 aromatic rings. The molecule has 110 valence electrons. The first-order valence-corrected chi connectivity index (χ1v) is 7.46. The van der Waals surface area contributed by atoms with E-state index in [2.05, 4.69) is 6.92 Å². The minimum Gasteiger partial charge on any atom is -0.502 e. The van der Waals surface area contributed by atoms with Crippen LogP contribution in [0.4, 0.5) is 0 Å². The molecule has 1 saturated heterocycles. The summed E-state index contributed by atoms with van der Waals surface area (Å²) in [5.41, 5.74) is 0.129. The molecule has 0 aliphatic carbocycles. The number of epoxide rings is 1. The summed E-state index contributed by atoms with van der Waals surface area (Å²) in [6.45, 7) is 6.56. The molecule has 0 bridgehead atoms. The van der Waals surface area contributed by atoms with Gasteiger partial charge in [0, 0.05) is 6.42 Å². The highest BCUT2D eigenvalue weighted by molar-refractivity contribution is 4.91. The van der Waals surface area contributed by atoms with Crippen LogP contribution in [0.3, 0.4) is 0 Å². The van der Waals surface area contributed by atoms with Gasteiger partial charge in [-0.05, 0) is 32.6 Å². The molecule has 3 heteroatoms. The Morgan fingerprint density at radius 2 is 1.84 bits per heavy atom. The lowest BCUT2D eigenvalue weighted by Gasteiger charge is -2.11. The van der Waals surface area contributed by atoms with E-state index in [-0.39, 0.29) is 5.60 Å². The molecule has 0 saturated carbocycles. The molecule has 1 rings (SSSR count). The molecule has 19 heavy (non-hydrogen) atoms. The van der Waals surface area contributed by atoms with Gasteiger partial charge in [-0.3, -0.25) is 0 Å². The van der Waals surface area contributed by atoms with Gasteiger partial charge < -0.3 is 14.2 Å². The minimum absolute atomic E-state index is 0.129. The Labute approximate surface area is 117 Å². The molecule has 0 aromatic carbocycles. The van der Waals surface area contributed by atoms with Crippen LogP contribution in [0, 0.1) is 0 Å². The van der Waals surface area contributed by atoms with Crippen molar-refractivity contribution >= 4 is 0 Å². The number of unbranched alkanes of at least 4 members (excludes halogenated alkanes) is 2. The largest absolute Gasteiger partial charge is 0.502 e. The SMILES string of the molecule is CC=COCCCCCC1(CCOC=CCC)CO1. The lowest BCUT2D eigenvalue weighted by molar-refractivity contribution is 0.182. The van der Waals surface area contributed by atoms with E-state index < -0.39 is 0 Å². The van der Waals surface area contributed by atoms with Crippen molar-refractivity contribution in [2.75, 3.05) is 19.8 Å². The number of allylic oxidation sites excluding steroid dienone is 2. The fourth-order valence-corrected chi connectivity index (χ4v) is 1.97. The van der Waals surface area contributed by atoms with Crippen molar-refractivity contribution in [2.24, 2.45) is 0 Å². The van der Waals surface area contributed by atoms with Gasteiger partial charge in [-0.25, -0.2) is 0 Å². The van der Waals surface area contributed by atoms with Crippen molar-refractivity contribution in [1.29, 1.82) is 0 Å². The van der Waals surface area contributed by atoms with Crippen molar-refractivity contribution in [2.45, 2.75) is 58.0 Å². The molecule has 1 aliphatic rings. The zero-order chi connectivity index (χ0) is 13.8. The fourth-order valence-electron chi connectivity index (χ4n) is 1.97. The number of hydrogen-bond acceptors (Lipinski definition) is 3. The first-order chi connectivity index (χ1) is 9.33. The number of hydrogen-bond donors (Lipinski definition) is 0. The van der Waals surface area contributed by atoms with Crippen molar-refractivity contribution in [1.82, 2.24) is 0 Å². The lowest BCUT2D eigenvalue weighted by atomic mass is 9.99. The van der Waals surface area contributed by atoms with Crippen LogP contribution in [0.15, 0.2) is 24.7 Å². The van der Waals surface area contributed by atoms with E-state index in [0.717, 1.165) is 45.5 Å². The first kappa shape index (κ1) is 16.1. The molecular formula is C16H28O3. The molecule has 0 radical (unpaired) electrons. The summed E-state index contributed by atoms with van der Waals surface area (Å²) < 4.78 is 16.3. The lowest BCUT2D eigenvalue weighted by Crippen LogP contribution is -2.13. The third-order valence-corrected chi connectivity index (χ3v) is 3.28. The second kappa shape index (κ2) is 9.90. The van der Waals surface area contributed by atoms with Gasteiger partial charge in [0.1, 0.15) is 0 Å². The highest BCUT2D eigenvalue weighted by Crippen LogP contribution is 2.36. The van der Waals surface area contributed by atoms with Gasteiger partial charge in [0.15, 0.2) is 0 Å². The van der Waals surface area contributed by atoms with Crippen molar-refractivity contribution < 1.29 is 14.2 Å². The second-order valence-corrected chi connectivity index (χ2v) is 5.02. The van der Waals surface area contributed by atoms with E-state index in [0.29, 0.717) is 0 Å². The molecule has 0 amide bonds. The minimum atomic E-state index is 0.129. The Morgan fingerprint density at radius 1 is 1.05 bits per heavy atom. The van der Waals surface area contributed by atoms with E-state index >= 15 is 0 Å². The van der Waals surface area contributed by atoms with Crippen LogP contribution in [0.25, 0.3) is 0 Å². The summed E-state index contributed by atoms with van der Waals surface area (Å²) in [6, 6.07) is 0. The highest BCUT2D eigenvalue weighted by Gasteiger charge is 2.43. The summed E-state index contributed by atoms with van der Waals surface area (Å²) in [5, 5.41) is 0. The molecular weight excluding hydrogens is 240 g/mol. The average Bonchev–Trinajstić information content (AvgIpc) is 3.18. The van der Waals surface area contributed by atoms with Crippen molar-refractivity contribution in [3.05, 3.63) is 24.7 Å². The van der Waals surface area contributed by atoms with Gasteiger partial charge in [0.25, 0.3) is 0 Å².